The van der Waals surface area contributed by atoms with Crippen molar-refractivity contribution in [3.05, 3.63) is 29.8 Å². The van der Waals surface area contributed by atoms with Crippen molar-refractivity contribution in [2.24, 2.45) is 0 Å². The summed E-state index contributed by atoms with van der Waals surface area (Å²) >= 11 is 0. The molecule has 21 heavy (non-hydrogen) atoms. The van der Waals surface area contributed by atoms with Gasteiger partial charge in [-0.05, 0) is 39.8 Å². The van der Waals surface area contributed by atoms with Gasteiger partial charge in [-0.25, -0.2) is 0 Å². The zero-order valence-electron chi connectivity index (χ0n) is 13.6. The number of hydrogen-bond acceptors (Lipinski definition) is 3. The Kier molecular flexibility index (Phi) is 4.28. The van der Waals surface area contributed by atoms with Gasteiger partial charge in [0, 0.05) is 31.7 Å². The highest BCUT2D eigenvalue weighted by Crippen LogP contribution is 2.28. The number of amides is 1. The molecule has 116 valence electrons. The summed E-state index contributed by atoms with van der Waals surface area (Å²) in [7, 11) is 0. The van der Waals surface area contributed by atoms with Crippen LogP contribution in [0.5, 0.6) is 0 Å². The predicted molar refractivity (Wildman–Crippen MR) is 85.5 cm³/mol. The Labute approximate surface area is 127 Å². The molecule has 4 heteroatoms. The van der Waals surface area contributed by atoms with Gasteiger partial charge in [0.25, 0.3) is 0 Å². The quantitative estimate of drug-likeness (QED) is 0.908. The number of aryl methyl sites for hydroxylation is 1. The fraction of sp³-hybridized carbons (Fsp3) is 0.588. The van der Waals surface area contributed by atoms with E-state index in [1.807, 2.05) is 11.8 Å². The number of rotatable bonds is 2. The minimum absolute atomic E-state index is 0.0261. The highest BCUT2D eigenvalue weighted by Gasteiger charge is 2.41. The molecule has 1 fully saturated rings. The third kappa shape index (κ3) is 3.38. The molecule has 1 amide bonds. The van der Waals surface area contributed by atoms with Crippen molar-refractivity contribution >= 4 is 11.6 Å². The third-order valence-corrected chi connectivity index (χ3v) is 4.27. The smallest absolute Gasteiger partial charge is 0.220 e. The molecule has 2 rings (SSSR count). The van der Waals surface area contributed by atoms with Crippen molar-refractivity contribution in [3.8, 4) is 0 Å². The van der Waals surface area contributed by atoms with Gasteiger partial charge in [0.15, 0.2) is 0 Å². The Hall–Kier alpha value is -1.55. The van der Waals surface area contributed by atoms with E-state index in [1.54, 1.807) is 20.8 Å². The number of benzene rings is 1. The maximum absolute atomic E-state index is 12.0. The van der Waals surface area contributed by atoms with Gasteiger partial charge in [0.05, 0.1) is 11.6 Å². The van der Waals surface area contributed by atoms with Crippen molar-refractivity contribution in [2.45, 2.75) is 52.3 Å². The van der Waals surface area contributed by atoms with E-state index in [1.165, 1.54) is 5.56 Å². The SMILES string of the molecule is CC(=O)N1C(C)CN(c2ccc(C)cc2)CC1C(C)(C)O. The van der Waals surface area contributed by atoms with Gasteiger partial charge in [-0.1, -0.05) is 17.7 Å². The molecule has 1 aromatic rings. The van der Waals surface area contributed by atoms with Crippen LogP contribution in [0.4, 0.5) is 5.69 Å². The van der Waals surface area contributed by atoms with Gasteiger partial charge in [0.2, 0.25) is 5.91 Å². The Morgan fingerprint density at radius 1 is 1.24 bits per heavy atom. The summed E-state index contributed by atoms with van der Waals surface area (Å²) in [4.78, 5) is 16.0. The van der Waals surface area contributed by atoms with Gasteiger partial charge in [-0.15, -0.1) is 0 Å². The molecule has 1 aliphatic heterocycles. The van der Waals surface area contributed by atoms with Crippen molar-refractivity contribution in [1.82, 2.24) is 4.90 Å². The number of anilines is 1. The summed E-state index contributed by atoms with van der Waals surface area (Å²) in [5.41, 5.74) is 1.45. The number of piperazine rings is 1. The van der Waals surface area contributed by atoms with Crippen LogP contribution in [0.2, 0.25) is 0 Å². The van der Waals surface area contributed by atoms with Crippen LogP contribution in [0.15, 0.2) is 24.3 Å². The standard InChI is InChI=1S/C17H26N2O2/c1-12-6-8-15(9-7-12)18-10-13(2)19(14(3)20)16(11-18)17(4,5)21/h6-9,13,16,21H,10-11H2,1-5H3. The summed E-state index contributed by atoms with van der Waals surface area (Å²) in [5.74, 6) is 0.0261. The van der Waals surface area contributed by atoms with Crippen molar-refractivity contribution in [2.75, 3.05) is 18.0 Å². The normalized spacial score (nSPS) is 23.3. The Morgan fingerprint density at radius 2 is 1.81 bits per heavy atom. The van der Waals surface area contributed by atoms with Crippen molar-refractivity contribution in [1.29, 1.82) is 0 Å². The third-order valence-electron chi connectivity index (χ3n) is 4.27. The lowest BCUT2D eigenvalue weighted by atomic mass is 9.92. The highest BCUT2D eigenvalue weighted by atomic mass is 16.3. The fourth-order valence-corrected chi connectivity index (χ4v) is 3.15. The van der Waals surface area contributed by atoms with E-state index >= 15 is 0 Å². The molecule has 1 saturated heterocycles. The molecule has 0 aromatic heterocycles. The van der Waals surface area contributed by atoms with Gasteiger partial charge < -0.3 is 14.9 Å². The molecule has 1 aliphatic rings. The second-order valence-electron chi connectivity index (χ2n) is 6.69. The Morgan fingerprint density at radius 3 is 2.29 bits per heavy atom. The summed E-state index contributed by atoms with van der Waals surface area (Å²) in [6, 6.07) is 8.27. The average Bonchev–Trinajstić information content (AvgIpc) is 2.37. The molecule has 1 N–H and O–H groups in total. The van der Waals surface area contributed by atoms with Crippen LogP contribution in [0, 0.1) is 6.92 Å². The number of hydrogen-bond donors (Lipinski definition) is 1. The Bertz CT molecular complexity index is 505. The van der Waals surface area contributed by atoms with Crippen LogP contribution in [0.1, 0.15) is 33.3 Å². The van der Waals surface area contributed by atoms with Crippen molar-refractivity contribution < 1.29 is 9.90 Å². The minimum Gasteiger partial charge on any atom is -0.388 e. The van der Waals surface area contributed by atoms with E-state index in [-0.39, 0.29) is 18.0 Å². The van der Waals surface area contributed by atoms with Gasteiger partial charge in [-0.3, -0.25) is 4.79 Å². The summed E-state index contributed by atoms with van der Waals surface area (Å²) in [6.45, 7) is 10.7. The van der Waals surface area contributed by atoms with E-state index in [2.05, 4.69) is 36.1 Å². The molecule has 1 aromatic carbocycles. The highest BCUT2D eigenvalue weighted by molar-refractivity contribution is 5.74. The van der Waals surface area contributed by atoms with Crippen LogP contribution >= 0.6 is 0 Å². The van der Waals surface area contributed by atoms with Crippen LogP contribution in [-0.2, 0) is 4.79 Å². The van der Waals surface area contributed by atoms with Crippen LogP contribution in [0.3, 0.4) is 0 Å². The molecule has 4 nitrogen and oxygen atoms in total. The molecule has 2 atom stereocenters. The van der Waals surface area contributed by atoms with E-state index in [9.17, 15) is 9.90 Å². The minimum atomic E-state index is -0.927. The van der Waals surface area contributed by atoms with E-state index in [0.29, 0.717) is 6.54 Å². The average molecular weight is 290 g/mol. The van der Waals surface area contributed by atoms with Crippen LogP contribution < -0.4 is 4.90 Å². The first-order valence-corrected chi connectivity index (χ1v) is 7.53. The first-order valence-electron chi connectivity index (χ1n) is 7.53. The second kappa shape index (κ2) is 5.68. The Balaban J connectivity index is 2.29. The first-order chi connectivity index (χ1) is 9.70. The fourth-order valence-electron chi connectivity index (χ4n) is 3.15. The molecule has 0 bridgehead atoms. The number of carbonyl (C=O) groups is 1. The maximum Gasteiger partial charge on any atom is 0.220 e. The lowest BCUT2D eigenvalue weighted by Gasteiger charge is -2.50. The summed E-state index contributed by atoms with van der Waals surface area (Å²) < 4.78 is 0. The summed E-state index contributed by atoms with van der Waals surface area (Å²) in [6.07, 6.45) is 0. The zero-order valence-corrected chi connectivity index (χ0v) is 13.6. The number of aliphatic hydroxyl groups is 1. The second-order valence-corrected chi connectivity index (χ2v) is 6.69. The lowest BCUT2D eigenvalue weighted by Crippen LogP contribution is -2.65. The zero-order chi connectivity index (χ0) is 15.8. The molecule has 2 unspecified atom stereocenters. The van der Waals surface area contributed by atoms with E-state index < -0.39 is 5.60 Å². The molecular weight excluding hydrogens is 264 g/mol. The molecule has 1 heterocycles. The topological polar surface area (TPSA) is 43.8 Å². The van der Waals surface area contributed by atoms with Crippen molar-refractivity contribution in [3.63, 3.8) is 0 Å². The lowest BCUT2D eigenvalue weighted by molar-refractivity contribution is -0.141. The largest absolute Gasteiger partial charge is 0.388 e. The van der Waals surface area contributed by atoms with Crippen LogP contribution in [-0.4, -0.2) is 46.7 Å². The van der Waals surface area contributed by atoms with E-state index in [0.717, 1.165) is 12.2 Å². The molecule has 0 aliphatic carbocycles. The predicted octanol–water partition coefficient (Wildman–Crippen LogP) is 2.19. The first kappa shape index (κ1) is 15.8. The van der Waals surface area contributed by atoms with Gasteiger partial charge in [0.1, 0.15) is 0 Å². The van der Waals surface area contributed by atoms with E-state index in [4.69, 9.17) is 0 Å². The monoisotopic (exact) mass is 290 g/mol. The molecule has 0 radical (unpaired) electrons. The van der Waals surface area contributed by atoms with Gasteiger partial charge in [-0.2, -0.15) is 0 Å². The number of nitrogens with zero attached hydrogens (tertiary/aromatic N) is 2. The van der Waals surface area contributed by atoms with Gasteiger partial charge >= 0.3 is 0 Å². The van der Waals surface area contributed by atoms with Crippen LogP contribution in [0.25, 0.3) is 0 Å². The summed E-state index contributed by atoms with van der Waals surface area (Å²) in [5, 5.41) is 10.5. The maximum atomic E-state index is 12.0. The number of carbonyl (C=O) groups excluding carboxylic acids is 1. The molecule has 0 saturated carbocycles. The molecular formula is C17H26N2O2. The molecule has 0 spiro atoms.